The standard InChI is InChI=1S/C24H19N3O5/c25-24(29)16-7-2-4-9-20(16)31-14-23(28)27-18(21-10-5-11-30-21)13-17(26-27)22-12-15-6-1-3-8-19(15)32-22/h1-12,18H,13-14H2,(H2,25,29). The van der Waals surface area contributed by atoms with E-state index in [0.717, 1.165) is 11.0 Å². The van der Waals surface area contributed by atoms with Gasteiger partial charge in [-0.15, -0.1) is 0 Å². The Bertz CT molecular complexity index is 1290. The van der Waals surface area contributed by atoms with Crippen LogP contribution in [0.15, 0.2) is 86.9 Å². The number of ether oxygens (including phenoxy) is 1. The summed E-state index contributed by atoms with van der Waals surface area (Å²) >= 11 is 0. The van der Waals surface area contributed by atoms with Crippen LogP contribution in [0.25, 0.3) is 11.0 Å². The smallest absolute Gasteiger partial charge is 0.281 e. The van der Waals surface area contributed by atoms with E-state index < -0.39 is 17.9 Å². The lowest BCUT2D eigenvalue weighted by atomic mass is 10.1. The number of hydrogen-bond acceptors (Lipinski definition) is 6. The van der Waals surface area contributed by atoms with Crippen molar-refractivity contribution in [2.45, 2.75) is 12.5 Å². The Morgan fingerprint density at radius 2 is 1.91 bits per heavy atom. The predicted molar refractivity (Wildman–Crippen MR) is 116 cm³/mol. The van der Waals surface area contributed by atoms with Crippen molar-refractivity contribution in [3.63, 3.8) is 0 Å². The number of carbonyl (C=O) groups excluding carboxylic acids is 2. The van der Waals surface area contributed by atoms with Gasteiger partial charge in [0.25, 0.3) is 11.8 Å². The van der Waals surface area contributed by atoms with Crippen molar-refractivity contribution in [2.24, 2.45) is 10.8 Å². The Morgan fingerprint density at radius 3 is 2.69 bits per heavy atom. The summed E-state index contributed by atoms with van der Waals surface area (Å²) in [6, 6.07) is 19.2. The molecule has 4 aromatic rings. The molecule has 32 heavy (non-hydrogen) atoms. The molecule has 1 aliphatic heterocycles. The summed E-state index contributed by atoms with van der Waals surface area (Å²) in [6.45, 7) is -0.321. The van der Waals surface area contributed by atoms with Crippen molar-refractivity contribution in [2.75, 3.05) is 6.61 Å². The lowest BCUT2D eigenvalue weighted by Gasteiger charge is -2.20. The highest BCUT2D eigenvalue weighted by atomic mass is 16.5. The SMILES string of the molecule is NC(=O)c1ccccc1OCC(=O)N1N=C(c2cc3ccccc3o2)CC1c1ccco1. The second-order valence-electron chi connectivity index (χ2n) is 7.32. The zero-order chi connectivity index (χ0) is 22.1. The first-order valence-corrected chi connectivity index (χ1v) is 10.0. The van der Waals surface area contributed by atoms with Gasteiger partial charge in [-0.1, -0.05) is 30.3 Å². The highest BCUT2D eigenvalue weighted by Crippen LogP contribution is 2.34. The predicted octanol–water partition coefficient (Wildman–Crippen LogP) is 3.88. The van der Waals surface area contributed by atoms with Crippen LogP contribution in [0.1, 0.15) is 34.3 Å². The third kappa shape index (κ3) is 3.62. The van der Waals surface area contributed by atoms with Crippen LogP contribution >= 0.6 is 0 Å². The Hall–Kier alpha value is -4.33. The second kappa shape index (κ2) is 8.07. The van der Waals surface area contributed by atoms with E-state index in [4.69, 9.17) is 19.3 Å². The van der Waals surface area contributed by atoms with Gasteiger partial charge in [0.05, 0.1) is 11.8 Å². The van der Waals surface area contributed by atoms with E-state index in [1.54, 1.807) is 42.7 Å². The molecular formula is C24H19N3O5. The molecule has 5 rings (SSSR count). The van der Waals surface area contributed by atoms with Gasteiger partial charge in [-0.3, -0.25) is 9.59 Å². The average Bonchev–Trinajstić information content (AvgIpc) is 3.56. The minimum Gasteiger partial charge on any atom is -0.483 e. The van der Waals surface area contributed by atoms with Crippen LogP contribution in [0.5, 0.6) is 5.75 Å². The highest BCUT2D eigenvalue weighted by Gasteiger charge is 2.36. The van der Waals surface area contributed by atoms with Crippen LogP contribution in [-0.2, 0) is 4.79 Å². The van der Waals surface area contributed by atoms with E-state index in [2.05, 4.69) is 5.10 Å². The molecule has 2 aromatic carbocycles. The number of hydrazone groups is 1. The summed E-state index contributed by atoms with van der Waals surface area (Å²) in [5.41, 5.74) is 6.97. The number of furan rings is 2. The molecule has 0 saturated heterocycles. The summed E-state index contributed by atoms with van der Waals surface area (Å²) < 4.78 is 17.1. The van der Waals surface area contributed by atoms with E-state index in [0.29, 0.717) is 23.7 Å². The average molecular weight is 429 g/mol. The van der Waals surface area contributed by atoms with Crippen molar-refractivity contribution < 1.29 is 23.2 Å². The third-order valence-corrected chi connectivity index (χ3v) is 5.25. The first kappa shape index (κ1) is 19.6. The zero-order valence-corrected chi connectivity index (χ0v) is 16.9. The molecule has 8 heteroatoms. The number of carbonyl (C=O) groups is 2. The largest absolute Gasteiger partial charge is 0.483 e. The lowest BCUT2D eigenvalue weighted by molar-refractivity contribution is -0.135. The van der Waals surface area contributed by atoms with Crippen molar-refractivity contribution in [1.29, 1.82) is 0 Å². The number of primary amides is 1. The van der Waals surface area contributed by atoms with Gasteiger partial charge in [0.15, 0.2) is 12.4 Å². The van der Waals surface area contributed by atoms with E-state index >= 15 is 0 Å². The Kier molecular flexibility index (Phi) is 4.95. The van der Waals surface area contributed by atoms with Crippen LogP contribution in [-0.4, -0.2) is 29.1 Å². The van der Waals surface area contributed by atoms with Crippen molar-refractivity contribution in [3.8, 4) is 5.75 Å². The molecule has 2 amide bonds. The first-order chi connectivity index (χ1) is 15.6. The van der Waals surface area contributed by atoms with Gasteiger partial charge in [-0.2, -0.15) is 5.10 Å². The van der Waals surface area contributed by atoms with Crippen molar-refractivity contribution in [3.05, 3.63) is 90.1 Å². The van der Waals surface area contributed by atoms with E-state index in [1.165, 1.54) is 5.01 Å². The number of fused-ring (bicyclic) bond motifs is 1. The molecule has 8 nitrogen and oxygen atoms in total. The van der Waals surface area contributed by atoms with Crippen LogP contribution < -0.4 is 10.5 Å². The minimum atomic E-state index is -0.632. The first-order valence-electron chi connectivity index (χ1n) is 10.0. The van der Waals surface area contributed by atoms with E-state index in [-0.39, 0.29) is 17.9 Å². The summed E-state index contributed by atoms with van der Waals surface area (Å²) in [4.78, 5) is 24.7. The number of nitrogens with two attached hydrogens (primary N) is 1. The quantitative estimate of drug-likeness (QED) is 0.500. The fraction of sp³-hybridized carbons (Fsp3) is 0.125. The molecule has 0 bridgehead atoms. The molecule has 1 unspecified atom stereocenters. The van der Waals surface area contributed by atoms with Crippen molar-refractivity contribution in [1.82, 2.24) is 5.01 Å². The van der Waals surface area contributed by atoms with Gasteiger partial charge in [-0.05, 0) is 36.4 Å². The Morgan fingerprint density at radius 1 is 1.09 bits per heavy atom. The number of nitrogens with zero attached hydrogens (tertiary/aromatic N) is 2. The number of para-hydroxylation sites is 2. The molecule has 1 atom stereocenters. The van der Waals surface area contributed by atoms with Crippen LogP contribution in [0.3, 0.4) is 0 Å². The summed E-state index contributed by atoms with van der Waals surface area (Å²) in [5, 5.41) is 6.83. The maximum Gasteiger partial charge on any atom is 0.281 e. The topological polar surface area (TPSA) is 111 Å². The molecule has 1 aliphatic rings. The molecule has 2 aromatic heterocycles. The molecule has 0 fully saturated rings. The molecule has 0 radical (unpaired) electrons. The third-order valence-electron chi connectivity index (χ3n) is 5.25. The van der Waals surface area contributed by atoms with Gasteiger partial charge in [0, 0.05) is 11.8 Å². The lowest BCUT2D eigenvalue weighted by Crippen LogP contribution is -2.31. The number of hydrogen-bond donors (Lipinski definition) is 1. The minimum absolute atomic E-state index is 0.204. The molecule has 0 saturated carbocycles. The fourth-order valence-electron chi connectivity index (χ4n) is 3.72. The number of rotatable bonds is 6. The fourth-order valence-corrected chi connectivity index (χ4v) is 3.72. The van der Waals surface area contributed by atoms with Gasteiger partial charge in [0.2, 0.25) is 0 Å². The van der Waals surface area contributed by atoms with Crippen LogP contribution in [0.2, 0.25) is 0 Å². The van der Waals surface area contributed by atoms with Gasteiger partial charge in [0.1, 0.15) is 28.8 Å². The van der Waals surface area contributed by atoms with Gasteiger partial charge in [-0.25, -0.2) is 5.01 Å². The summed E-state index contributed by atoms with van der Waals surface area (Å²) in [6.07, 6.45) is 1.98. The van der Waals surface area contributed by atoms with E-state index in [9.17, 15) is 9.59 Å². The molecule has 0 spiro atoms. The van der Waals surface area contributed by atoms with E-state index in [1.807, 2.05) is 30.3 Å². The molecule has 3 heterocycles. The summed E-state index contributed by atoms with van der Waals surface area (Å²) in [7, 11) is 0. The maximum absolute atomic E-state index is 13.1. The van der Waals surface area contributed by atoms with Crippen LogP contribution in [0.4, 0.5) is 0 Å². The molecule has 2 N–H and O–H groups in total. The molecule has 160 valence electrons. The van der Waals surface area contributed by atoms with Gasteiger partial charge < -0.3 is 19.3 Å². The molecule has 0 aliphatic carbocycles. The summed E-state index contributed by atoms with van der Waals surface area (Å²) in [5.74, 6) is 0.414. The van der Waals surface area contributed by atoms with Crippen molar-refractivity contribution >= 4 is 28.5 Å². The Balaban J connectivity index is 1.41. The Labute approximate surface area is 182 Å². The number of amides is 2. The van der Waals surface area contributed by atoms with Crippen LogP contribution in [0, 0.1) is 0 Å². The highest BCUT2D eigenvalue weighted by molar-refractivity contribution is 6.03. The van der Waals surface area contributed by atoms with Gasteiger partial charge >= 0.3 is 0 Å². The zero-order valence-electron chi connectivity index (χ0n) is 16.9. The number of benzene rings is 2. The molecular weight excluding hydrogens is 410 g/mol. The maximum atomic E-state index is 13.1. The monoisotopic (exact) mass is 429 g/mol. The normalized spacial score (nSPS) is 15.7. The second-order valence-corrected chi connectivity index (χ2v) is 7.32.